The topological polar surface area (TPSA) is 17.1 Å². The molecule has 1 rings (SSSR count). The van der Waals surface area contributed by atoms with Gasteiger partial charge in [0.2, 0.25) is 0 Å². The smallest absolute Gasteiger partial charge is 0.161 e. The molecule has 0 aromatic carbocycles. The van der Waals surface area contributed by atoms with Crippen LogP contribution in [-0.2, 0) is 4.79 Å². The fourth-order valence-electron chi connectivity index (χ4n) is 0.450. The van der Waals surface area contributed by atoms with Gasteiger partial charge in [-0.25, -0.2) is 0 Å². The average molecular weight is 147 g/mol. The molecule has 0 amide bonds. The van der Waals surface area contributed by atoms with Gasteiger partial charge in [0.15, 0.2) is 5.78 Å². The summed E-state index contributed by atoms with van der Waals surface area (Å²) in [6, 6.07) is 0. The molecule has 0 radical (unpaired) electrons. The first-order valence-corrected chi connectivity index (χ1v) is 3.55. The van der Waals surface area contributed by atoms with Gasteiger partial charge in [-0.3, -0.25) is 4.79 Å². The van der Waals surface area contributed by atoms with Crippen LogP contribution in [0.3, 0.4) is 0 Å². The monoisotopic (exact) mass is 146 g/mol. The third kappa shape index (κ3) is 1.43. The Morgan fingerprint density at radius 3 is 2.88 bits per heavy atom. The third-order valence-corrected chi connectivity index (χ3v) is 1.96. The highest BCUT2D eigenvalue weighted by Gasteiger charge is 2.02. The summed E-state index contributed by atoms with van der Waals surface area (Å²) >= 11 is 5.54. The zero-order valence-electron chi connectivity index (χ0n) is 4.10. The molecular formula is C5H4ClOP. The molecule has 0 spiro atoms. The molecule has 0 N–H and O–H groups in total. The first-order chi connectivity index (χ1) is 3.79. The highest BCUT2D eigenvalue weighted by Crippen LogP contribution is 2.14. The standard InChI is InChI=1S/C5H4ClOP/c6-5-3-4(7)1-2-8-5/h1-2H,3H2. The quantitative estimate of drug-likeness (QED) is 0.476. The summed E-state index contributed by atoms with van der Waals surface area (Å²) in [5, 5.41) is 0. The van der Waals surface area contributed by atoms with Crippen LogP contribution in [0.2, 0.25) is 0 Å². The van der Waals surface area contributed by atoms with Crippen LogP contribution in [0.1, 0.15) is 6.42 Å². The third-order valence-electron chi connectivity index (χ3n) is 0.795. The van der Waals surface area contributed by atoms with Crippen molar-refractivity contribution in [3.8, 4) is 0 Å². The second kappa shape index (κ2) is 2.43. The van der Waals surface area contributed by atoms with Gasteiger partial charge in [0.1, 0.15) is 0 Å². The highest BCUT2D eigenvalue weighted by atomic mass is 35.5. The molecule has 3 heteroatoms. The largest absolute Gasteiger partial charge is 0.294 e. The first kappa shape index (κ1) is 6.00. The summed E-state index contributed by atoms with van der Waals surface area (Å²) < 4.78 is 0.720. The number of hydrogen-bond acceptors (Lipinski definition) is 1. The normalized spacial score (nSPS) is 20.6. The SMILES string of the molecule is O=C1C=CP=C(Cl)C1. The number of hydrogen-bond donors (Lipinski definition) is 0. The lowest BCUT2D eigenvalue weighted by Crippen LogP contribution is -1.98. The predicted molar refractivity (Wildman–Crippen MR) is 36.5 cm³/mol. The zero-order valence-corrected chi connectivity index (χ0v) is 5.75. The number of carbonyl (C=O) groups is 1. The first-order valence-electron chi connectivity index (χ1n) is 2.20. The second-order valence-electron chi connectivity index (χ2n) is 1.46. The molecular weight excluding hydrogens is 142 g/mol. The van der Waals surface area contributed by atoms with Crippen LogP contribution in [-0.4, -0.2) is 10.5 Å². The highest BCUT2D eigenvalue weighted by molar-refractivity contribution is 7.49. The van der Waals surface area contributed by atoms with Gasteiger partial charge in [0.05, 0.1) is 11.2 Å². The molecule has 0 atom stereocenters. The van der Waals surface area contributed by atoms with Gasteiger partial charge in [0.25, 0.3) is 0 Å². The van der Waals surface area contributed by atoms with Crippen molar-refractivity contribution in [3.05, 3.63) is 11.9 Å². The van der Waals surface area contributed by atoms with E-state index >= 15 is 0 Å². The number of allylic oxidation sites excluding steroid dienone is 1. The van der Waals surface area contributed by atoms with Gasteiger partial charge in [-0.15, -0.1) is 0 Å². The van der Waals surface area contributed by atoms with Gasteiger partial charge in [-0.05, 0) is 11.9 Å². The maximum absolute atomic E-state index is 10.5. The number of rotatable bonds is 0. The molecule has 0 fully saturated rings. The average Bonchev–Trinajstić information content (AvgIpc) is 1.64. The van der Waals surface area contributed by atoms with E-state index in [-0.39, 0.29) is 5.78 Å². The fourth-order valence-corrected chi connectivity index (χ4v) is 1.40. The molecule has 1 heterocycles. The Morgan fingerprint density at radius 2 is 2.50 bits per heavy atom. The van der Waals surface area contributed by atoms with Crippen molar-refractivity contribution in [1.29, 1.82) is 0 Å². The van der Waals surface area contributed by atoms with Crippen LogP contribution in [0.25, 0.3) is 0 Å². The lowest BCUT2D eigenvalue weighted by atomic mass is 10.3. The van der Waals surface area contributed by atoms with Crippen LogP contribution in [0.15, 0.2) is 11.9 Å². The lowest BCUT2D eigenvalue weighted by molar-refractivity contribution is -0.113. The number of halogens is 1. The minimum absolute atomic E-state index is 0.105. The number of ketones is 1. The predicted octanol–water partition coefficient (Wildman–Crippen LogP) is 1.79. The second-order valence-corrected chi connectivity index (χ2v) is 3.28. The number of carbonyl (C=O) groups excluding carboxylic acids is 1. The van der Waals surface area contributed by atoms with Gasteiger partial charge >= 0.3 is 0 Å². The van der Waals surface area contributed by atoms with Gasteiger partial charge in [-0.1, -0.05) is 19.8 Å². The summed E-state index contributed by atoms with van der Waals surface area (Å²) in [4.78, 5) is 10.5. The van der Waals surface area contributed by atoms with Crippen molar-refractivity contribution in [2.45, 2.75) is 6.42 Å². The van der Waals surface area contributed by atoms with E-state index in [1.165, 1.54) is 0 Å². The molecule has 8 heavy (non-hydrogen) atoms. The van der Waals surface area contributed by atoms with E-state index in [0.29, 0.717) is 6.42 Å². The molecule has 0 saturated heterocycles. The van der Waals surface area contributed by atoms with E-state index in [0.717, 1.165) is 13.0 Å². The minimum Gasteiger partial charge on any atom is -0.294 e. The van der Waals surface area contributed by atoms with Crippen molar-refractivity contribution in [2.75, 3.05) is 0 Å². The summed E-state index contributed by atoms with van der Waals surface area (Å²) in [5.74, 6) is 1.86. The van der Waals surface area contributed by atoms with E-state index < -0.39 is 0 Å². The van der Waals surface area contributed by atoms with Crippen molar-refractivity contribution in [1.82, 2.24) is 0 Å². The molecule has 1 nitrogen and oxygen atoms in total. The molecule has 0 aliphatic carbocycles. The Bertz CT molecular complexity index is 171. The molecule has 0 aromatic heterocycles. The maximum atomic E-state index is 10.5. The molecule has 1 aliphatic heterocycles. The van der Waals surface area contributed by atoms with E-state index in [2.05, 4.69) is 0 Å². The molecule has 0 saturated carbocycles. The van der Waals surface area contributed by atoms with Gasteiger partial charge in [-0.2, -0.15) is 0 Å². The minimum atomic E-state index is 0.105. The van der Waals surface area contributed by atoms with Crippen LogP contribution in [0, 0.1) is 0 Å². The maximum Gasteiger partial charge on any atom is 0.161 e. The van der Waals surface area contributed by atoms with Crippen LogP contribution < -0.4 is 0 Å². The summed E-state index contributed by atoms with van der Waals surface area (Å²) in [7, 11) is 0.972. The Morgan fingerprint density at radius 1 is 1.75 bits per heavy atom. The molecule has 42 valence electrons. The van der Waals surface area contributed by atoms with E-state index in [4.69, 9.17) is 11.6 Å². The Hall–Kier alpha value is -0.130. The van der Waals surface area contributed by atoms with Crippen LogP contribution >= 0.6 is 19.8 Å². The van der Waals surface area contributed by atoms with Crippen LogP contribution in [0.5, 0.6) is 0 Å². The van der Waals surface area contributed by atoms with E-state index in [9.17, 15) is 4.79 Å². The van der Waals surface area contributed by atoms with Gasteiger partial charge in [0, 0.05) is 0 Å². The summed E-state index contributed by atoms with van der Waals surface area (Å²) in [6.07, 6.45) is 1.98. The van der Waals surface area contributed by atoms with E-state index in [1.807, 2.05) is 0 Å². The van der Waals surface area contributed by atoms with Crippen molar-refractivity contribution >= 4 is 30.3 Å². The summed E-state index contributed by atoms with van der Waals surface area (Å²) in [5.41, 5.74) is 0. The Labute approximate surface area is 54.1 Å². The van der Waals surface area contributed by atoms with Gasteiger partial charge < -0.3 is 0 Å². The molecule has 1 aliphatic rings. The fraction of sp³-hybridized carbons (Fsp3) is 0.200. The Balaban J connectivity index is 2.73. The molecule has 0 bridgehead atoms. The molecule has 0 unspecified atom stereocenters. The zero-order chi connectivity index (χ0) is 5.98. The summed E-state index contributed by atoms with van der Waals surface area (Å²) in [6.45, 7) is 0. The molecule has 0 aromatic rings. The van der Waals surface area contributed by atoms with Crippen molar-refractivity contribution < 1.29 is 4.79 Å². The Kier molecular flexibility index (Phi) is 1.82. The van der Waals surface area contributed by atoms with Crippen LogP contribution in [0.4, 0.5) is 0 Å². The lowest BCUT2D eigenvalue weighted by Gasteiger charge is -1.95. The van der Waals surface area contributed by atoms with E-state index in [1.54, 1.807) is 11.9 Å². The van der Waals surface area contributed by atoms with Crippen molar-refractivity contribution in [2.24, 2.45) is 0 Å². The van der Waals surface area contributed by atoms with Crippen molar-refractivity contribution in [3.63, 3.8) is 0 Å².